The first-order chi connectivity index (χ1) is 14.8. The molecule has 174 valence electrons. The summed E-state index contributed by atoms with van der Waals surface area (Å²) in [4.78, 5) is 23.7. The number of alkyl halides is 3. The largest absolute Gasteiger partial charge is 0.479 e. The number of carboxylic acids is 1. The maximum Gasteiger partial charge on any atom is 0.416 e. The van der Waals surface area contributed by atoms with Gasteiger partial charge in [0.25, 0.3) is 5.91 Å². The molecule has 0 saturated heterocycles. The molecular formula is C22H23F4NO5. The number of hydrogen-bond acceptors (Lipinski definition) is 4. The molecule has 0 aliphatic carbocycles. The minimum absolute atomic E-state index is 0.0530. The van der Waals surface area contributed by atoms with Crippen molar-refractivity contribution in [3.05, 3.63) is 65.0 Å². The number of amides is 1. The molecule has 2 rings (SSSR count). The van der Waals surface area contributed by atoms with Crippen LogP contribution in [-0.2, 0) is 33.5 Å². The van der Waals surface area contributed by atoms with Gasteiger partial charge in [-0.15, -0.1) is 0 Å². The quantitative estimate of drug-likeness (QED) is 0.557. The van der Waals surface area contributed by atoms with Crippen molar-refractivity contribution in [1.29, 1.82) is 0 Å². The number of ether oxygens (including phenoxy) is 2. The van der Waals surface area contributed by atoms with Crippen LogP contribution in [0.3, 0.4) is 0 Å². The van der Waals surface area contributed by atoms with E-state index in [4.69, 9.17) is 14.6 Å². The second-order valence-electron chi connectivity index (χ2n) is 7.56. The van der Waals surface area contributed by atoms with Crippen molar-refractivity contribution < 1.29 is 41.7 Å². The van der Waals surface area contributed by atoms with Gasteiger partial charge in [-0.25, -0.2) is 9.18 Å². The molecule has 2 aromatic rings. The summed E-state index contributed by atoms with van der Waals surface area (Å²) in [6.45, 7) is 2.58. The lowest BCUT2D eigenvalue weighted by atomic mass is 10.1. The van der Waals surface area contributed by atoms with Gasteiger partial charge >= 0.3 is 12.1 Å². The van der Waals surface area contributed by atoms with Gasteiger partial charge in [-0.2, -0.15) is 13.2 Å². The first kappa shape index (κ1) is 25.1. The Bertz CT molecular complexity index is 975. The Hall–Kier alpha value is -3.14. The standard InChI is InChI=1S/C22H23F4NO5/c1-21(2,32-17-6-4-5-13(9-17)10-18(31-3)19(28)29)20(30)27-12-14-7-15(22(24,25)26)11-16(23)8-14/h4-9,11,18H,10,12H2,1-3H3,(H,27,30)(H,28,29)/t18-/m0/s1. The second kappa shape index (κ2) is 9.99. The van der Waals surface area contributed by atoms with Crippen molar-refractivity contribution in [2.24, 2.45) is 0 Å². The number of rotatable bonds is 9. The fraction of sp³-hybridized carbons (Fsp3) is 0.364. The van der Waals surface area contributed by atoms with Gasteiger partial charge in [0.1, 0.15) is 11.6 Å². The van der Waals surface area contributed by atoms with E-state index in [0.717, 1.165) is 12.1 Å². The molecule has 10 heteroatoms. The zero-order valence-corrected chi connectivity index (χ0v) is 17.6. The lowest BCUT2D eigenvalue weighted by molar-refractivity contribution is -0.148. The summed E-state index contributed by atoms with van der Waals surface area (Å²) in [6, 6.07) is 8.48. The Morgan fingerprint density at radius 1 is 1.09 bits per heavy atom. The third-order valence-electron chi connectivity index (χ3n) is 4.54. The highest BCUT2D eigenvalue weighted by Gasteiger charge is 2.32. The molecular weight excluding hydrogens is 434 g/mol. The van der Waals surface area contributed by atoms with Crippen LogP contribution in [0.1, 0.15) is 30.5 Å². The molecule has 0 aliphatic rings. The number of hydrogen-bond donors (Lipinski definition) is 2. The van der Waals surface area contributed by atoms with E-state index < -0.39 is 41.1 Å². The van der Waals surface area contributed by atoms with Gasteiger partial charge in [-0.1, -0.05) is 12.1 Å². The van der Waals surface area contributed by atoms with Crippen LogP contribution >= 0.6 is 0 Å². The van der Waals surface area contributed by atoms with Crippen molar-refractivity contribution in [2.75, 3.05) is 7.11 Å². The average Bonchev–Trinajstić information content (AvgIpc) is 2.68. The number of nitrogens with one attached hydrogen (secondary N) is 1. The van der Waals surface area contributed by atoms with E-state index in [-0.39, 0.29) is 24.3 Å². The lowest BCUT2D eigenvalue weighted by Gasteiger charge is -2.26. The van der Waals surface area contributed by atoms with E-state index in [1.54, 1.807) is 24.3 Å². The van der Waals surface area contributed by atoms with Crippen molar-refractivity contribution in [3.8, 4) is 5.75 Å². The minimum Gasteiger partial charge on any atom is -0.479 e. The van der Waals surface area contributed by atoms with Crippen molar-refractivity contribution in [1.82, 2.24) is 5.32 Å². The summed E-state index contributed by atoms with van der Waals surface area (Å²) in [5, 5.41) is 11.5. The highest BCUT2D eigenvalue weighted by atomic mass is 19.4. The van der Waals surface area contributed by atoms with Crippen LogP contribution in [-0.4, -0.2) is 35.8 Å². The normalized spacial score (nSPS) is 12.8. The molecule has 0 bridgehead atoms. The van der Waals surface area contributed by atoms with Gasteiger partial charge in [-0.05, 0) is 55.3 Å². The first-order valence-electron chi connectivity index (χ1n) is 9.50. The molecule has 0 spiro atoms. The van der Waals surface area contributed by atoms with Gasteiger partial charge in [0.2, 0.25) is 0 Å². The Morgan fingerprint density at radius 3 is 2.38 bits per heavy atom. The number of carboxylic acid groups (broad SMARTS) is 1. The van der Waals surface area contributed by atoms with Crippen LogP contribution in [0.15, 0.2) is 42.5 Å². The summed E-state index contributed by atoms with van der Waals surface area (Å²) < 4.78 is 62.7. The van der Waals surface area contributed by atoms with Gasteiger partial charge < -0.3 is 19.9 Å². The summed E-state index contributed by atoms with van der Waals surface area (Å²) >= 11 is 0. The fourth-order valence-corrected chi connectivity index (χ4v) is 2.87. The molecule has 1 amide bonds. The second-order valence-corrected chi connectivity index (χ2v) is 7.56. The number of carbonyl (C=O) groups excluding carboxylic acids is 1. The monoisotopic (exact) mass is 457 g/mol. The van der Waals surface area contributed by atoms with Crippen LogP contribution in [0.25, 0.3) is 0 Å². The number of aliphatic carboxylic acids is 1. The molecule has 0 saturated carbocycles. The molecule has 0 heterocycles. The minimum atomic E-state index is -4.71. The highest BCUT2D eigenvalue weighted by Crippen LogP contribution is 2.30. The summed E-state index contributed by atoms with van der Waals surface area (Å²) in [5.74, 6) is -2.54. The smallest absolute Gasteiger partial charge is 0.416 e. The molecule has 0 unspecified atom stereocenters. The molecule has 0 aliphatic heterocycles. The van der Waals surface area contributed by atoms with E-state index in [2.05, 4.69) is 5.32 Å². The van der Waals surface area contributed by atoms with Crippen LogP contribution in [0.4, 0.5) is 17.6 Å². The molecule has 2 N–H and O–H groups in total. The van der Waals surface area contributed by atoms with E-state index >= 15 is 0 Å². The first-order valence-corrected chi connectivity index (χ1v) is 9.50. The number of benzene rings is 2. The van der Waals surface area contributed by atoms with Gasteiger partial charge in [0.15, 0.2) is 11.7 Å². The molecule has 1 atom stereocenters. The van der Waals surface area contributed by atoms with E-state index in [1.807, 2.05) is 0 Å². The molecule has 0 fully saturated rings. The van der Waals surface area contributed by atoms with Crippen LogP contribution in [0.5, 0.6) is 5.75 Å². The Kier molecular flexibility index (Phi) is 7.84. The predicted octanol–water partition coefficient (Wildman–Crippen LogP) is 3.96. The van der Waals surface area contributed by atoms with Crippen LogP contribution < -0.4 is 10.1 Å². The van der Waals surface area contributed by atoms with Crippen molar-refractivity contribution in [2.45, 2.75) is 44.7 Å². The summed E-state index contributed by atoms with van der Waals surface area (Å²) in [5.41, 5.74) is -2.02. The topological polar surface area (TPSA) is 84.9 Å². The maximum absolute atomic E-state index is 13.5. The van der Waals surface area contributed by atoms with E-state index in [1.165, 1.54) is 21.0 Å². The zero-order chi connectivity index (χ0) is 24.1. The third-order valence-corrected chi connectivity index (χ3v) is 4.54. The fourth-order valence-electron chi connectivity index (χ4n) is 2.87. The number of methoxy groups -OCH3 is 1. The molecule has 0 aromatic heterocycles. The van der Waals surface area contributed by atoms with Gasteiger partial charge in [0.05, 0.1) is 5.56 Å². The molecule has 0 radical (unpaired) electrons. The van der Waals surface area contributed by atoms with E-state index in [9.17, 15) is 27.2 Å². The van der Waals surface area contributed by atoms with Crippen LogP contribution in [0, 0.1) is 5.82 Å². The Labute approximate surface area is 182 Å². The molecule has 6 nitrogen and oxygen atoms in total. The number of carbonyl (C=O) groups is 2. The average molecular weight is 457 g/mol. The van der Waals surface area contributed by atoms with Crippen molar-refractivity contribution in [3.63, 3.8) is 0 Å². The third kappa shape index (κ3) is 6.94. The molecule has 32 heavy (non-hydrogen) atoms. The summed E-state index contributed by atoms with van der Waals surface area (Å²) in [7, 11) is 1.28. The van der Waals surface area contributed by atoms with Gasteiger partial charge in [0, 0.05) is 20.1 Å². The van der Waals surface area contributed by atoms with Gasteiger partial charge in [-0.3, -0.25) is 4.79 Å². The molecule has 2 aromatic carbocycles. The SMILES string of the molecule is CO[C@@H](Cc1cccc(OC(C)(C)C(=O)NCc2cc(F)cc(C(F)(F)F)c2)c1)C(=O)O. The predicted molar refractivity (Wildman–Crippen MR) is 107 cm³/mol. The summed E-state index contributed by atoms with van der Waals surface area (Å²) in [6.07, 6.45) is -5.68. The lowest BCUT2D eigenvalue weighted by Crippen LogP contribution is -2.46. The number of halogens is 4. The zero-order valence-electron chi connectivity index (χ0n) is 17.6. The Balaban J connectivity index is 2.06. The van der Waals surface area contributed by atoms with Crippen molar-refractivity contribution >= 4 is 11.9 Å². The van der Waals surface area contributed by atoms with E-state index in [0.29, 0.717) is 11.6 Å². The highest BCUT2D eigenvalue weighted by molar-refractivity contribution is 5.84. The van der Waals surface area contributed by atoms with Crippen LogP contribution in [0.2, 0.25) is 0 Å². The Morgan fingerprint density at radius 2 is 1.78 bits per heavy atom. The maximum atomic E-state index is 13.5.